The molecule has 0 bridgehead atoms. The van der Waals surface area contributed by atoms with Crippen LogP contribution in [0.4, 0.5) is 0 Å². The van der Waals surface area contributed by atoms with Crippen LogP contribution in [0.5, 0.6) is 0 Å². The maximum atomic E-state index is 3.66. The Balaban J connectivity index is 1.78. The molecule has 2 rings (SSSR count). The Kier molecular flexibility index (Phi) is 4.19. The van der Waals surface area contributed by atoms with E-state index in [1.54, 1.807) is 0 Å². The van der Waals surface area contributed by atoms with Crippen molar-refractivity contribution in [3.63, 3.8) is 0 Å². The third kappa shape index (κ3) is 3.55. The Bertz CT molecular complexity index is 342. The van der Waals surface area contributed by atoms with E-state index in [2.05, 4.69) is 55.3 Å². The van der Waals surface area contributed by atoms with Gasteiger partial charge in [-0.3, -0.25) is 4.90 Å². The van der Waals surface area contributed by atoms with Gasteiger partial charge in [0.25, 0.3) is 0 Å². The van der Waals surface area contributed by atoms with E-state index in [0.717, 1.165) is 6.54 Å². The first-order valence-electron chi connectivity index (χ1n) is 6.68. The minimum absolute atomic E-state index is 0.665. The maximum Gasteiger partial charge on any atom is 0.0210 e. The molecule has 1 N–H and O–H groups in total. The van der Waals surface area contributed by atoms with Crippen molar-refractivity contribution in [1.82, 2.24) is 10.2 Å². The van der Waals surface area contributed by atoms with Crippen LogP contribution in [-0.4, -0.2) is 30.1 Å². The Morgan fingerprint density at radius 2 is 2.00 bits per heavy atom. The molecular formula is C15H24N2. The molecule has 1 aromatic carbocycles. The van der Waals surface area contributed by atoms with Gasteiger partial charge in [-0.05, 0) is 39.3 Å². The van der Waals surface area contributed by atoms with Crippen molar-refractivity contribution in [2.75, 3.05) is 13.1 Å². The third-order valence-electron chi connectivity index (χ3n) is 3.67. The van der Waals surface area contributed by atoms with Gasteiger partial charge in [-0.15, -0.1) is 0 Å². The SMILES string of the molecule is Cc1ccc(CNC2CCN(C(C)C)C2)cc1. The molecule has 17 heavy (non-hydrogen) atoms. The Morgan fingerprint density at radius 3 is 2.59 bits per heavy atom. The van der Waals surface area contributed by atoms with Crippen LogP contribution in [-0.2, 0) is 6.54 Å². The van der Waals surface area contributed by atoms with Crippen LogP contribution < -0.4 is 5.32 Å². The fourth-order valence-electron chi connectivity index (χ4n) is 2.39. The number of aryl methyl sites for hydroxylation is 1. The van der Waals surface area contributed by atoms with Crippen molar-refractivity contribution in [3.8, 4) is 0 Å². The van der Waals surface area contributed by atoms with Gasteiger partial charge in [0.15, 0.2) is 0 Å². The normalized spacial score (nSPS) is 21.3. The summed E-state index contributed by atoms with van der Waals surface area (Å²) in [7, 11) is 0. The van der Waals surface area contributed by atoms with Gasteiger partial charge in [0, 0.05) is 25.2 Å². The summed E-state index contributed by atoms with van der Waals surface area (Å²) in [5.74, 6) is 0. The highest BCUT2D eigenvalue weighted by atomic mass is 15.2. The topological polar surface area (TPSA) is 15.3 Å². The minimum atomic E-state index is 0.665. The van der Waals surface area contributed by atoms with Gasteiger partial charge in [0.05, 0.1) is 0 Å². The number of hydrogen-bond donors (Lipinski definition) is 1. The molecule has 94 valence electrons. The van der Waals surface area contributed by atoms with Crippen LogP contribution in [0.3, 0.4) is 0 Å². The van der Waals surface area contributed by atoms with E-state index in [9.17, 15) is 0 Å². The molecule has 1 heterocycles. The monoisotopic (exact) mass is 232 g/mol. The summed E-state index contributed by atoms with van der Waals surface area (Å²) in [4.78, 5) is 2.55. The molecule has 2 heteroatoms. The van der Waals surface area contributed by atoms with Gasteiger partial charge in [-0.25, -0.2) is 0 Å². The molecule has 1 aromatic rings. The molecule has 0 spiro atoms. The van der Waals surface area contributed by atoms with Crippen molar-refractivity contribution < 1.29 is 0 Å². The number of benzene rings is 1. The van der Waals surface area contributed by atoms with E-state index in [1.165, 1.54) is 30.6 Å². The number of nitrogens with zero attached hydrogens (tertiary/aromatic N) is 1. The summed E-state index contributed by atoms with van der Waals surface area (Å²) < 4.78 is 0. The molecule has 1 aliphatic heterocycles. The predicted molar refractivity (Wildman–Crippen MR) is 73.1 cm³/mol. The smallest absolute Gasteiger partial charge is 0.0210 e. The van der Waals surface area contributed by atoms with Gasteiger partial charge in [-0.2, -0.15) is 0 Å². The van der Waals surface area contributed by atoms with Gasteiger partial charge < -0.3 is 5.32 Å². The summed E-state index contributed by atoms with van der Waals surface area (Å²) in [6.07, 6.45) is 1.28. The summed E-state index contributed by atoms with van der Waals surface area (Å²) in [6.45, 7) is 10.1. The van der Waals surface area contributed by atoms with Crippen molar-refractivity contribution in [1.29, 1.82) is 0 Å². The van der Waals surface area contributed by atoms with Gasteiger partial charge in [-0.1, -0.05) is 29.8 Å². The van der Waals surface area contributed by atoms with Crippen molar-refractivity contribution in [2.24, 2.45) is 0 Å². The fourth-order valence-corrected chi connectivity index (χ4v) is 2.39. The quantitative estimate of drug-likeness (QED) is 0.858. The number of rotatable bonds is 4. The number of hydrogen-bond acceptors (Lipinski definition) is 2. The molecule has 0 saturated carbocycles. The first-order chi connectivity index (χ1) is 8.15. The van der Waals surface area contributed by atoms with Crippen LogP contribution in [0.1, 0.15) is 31.4 Å². The maximum absolute atomic E-state index is 3.66. The van der Waals surface area contributed by atoms with E-state index in [0.29, 0.717) is 12.1 Å². The minimum Gasteiger partial charge on any atom is -0.309 e. The molecular weight excluding hydrogens is 208 g/mol. The van der Waals surface area contributed by atoms with E-state index >= 15 is 0 Å². The highest BCUT2D eigenvalue weighted by Crippen LogP contribution is 2.13. The number of nitrogens with one attached hydrogen (secondary N) is 1. The molecule has 0 amide bonds. The zero-order chi connectivity index (χ0) is 12.3. The van der Waals surface area contributed by atoms with E-state index in [4.69, 9.17) is 0 Å². The Labute approximate surface area is 105 Å². The summed E-state index contributed by atoms with van der Waals surface area (Å²) in [6, 6.07) is 10.2. The molecule has 1 unspecified atom stereocenters. The highest BCUT2D eigenvalue weighted by Gasteiger charge is 2.23. The van der Waals surface area contributed by atoms with Crippen LogP contribution in [0.2, 0.25) is 0 Å². The fraction of sp³-hybridized carbons (Fsp3) is 0.600. The average molecular weight is 232 g/mol. The molecule has 0 aromatic heterocycles. The summed E-state index contributed by atoms with van der Waals surface area (Å²) in [5.41, 5.74) is 2.72. The van der Waals surface area contributed by atoms with Crippen molar-refractivity contribution >= 4 is 0 Å². The lowest BCUT2D eigenvalue weighted by Gasteiger charge is -2.20. The van der Waals surface area contributed by atoms with Gasteiger partial charge in [0.2, 0.25) is 0 Å². The standard InChI is InChI=1S/C15H24N2/c1-12(2)17-9-8-15(11-17)16-10-14-6-4-13(3)5-7-14/h4-7,12,15-16H,8-11H2,1-3H3. The molecule has 2 nitrogen and oxygen atoms in total. The summed E-state index contributed by atoms with van der Waals surface area (Å²) in [5, 5.41) is 3.66. The lowest BCUT2D eigenvalue weighted by molar-refractivity contribution is 0.268. The van der Waals surface area contributed by atoms with E-state index in [-0.39, 0.29) is 0 Å². The first-order valence-corrected chi connectivity index (χ1v) is 6.68. The molecule has 1 atom stereocenters. The Morgan fingerprint density at radius 1 is 1.29 bits per heavy atom. The first kappa shape index (κ1) is 12.6. The zero-order valence-electron chi connectivity index (χ0n) is 11.2. The van der Waals surface area contributed by atoms with Crippen LogP contribution >= 0.6 is 0 Å². The van der Waals surface area contributed by atoms with E-state index in [1.807, 2.05) is 0 Å². The average Bonchev–Trinajstić information content (AvgIpc) is 2.77. The van der Waals surface area contributed by atoms with E-state index < -0.39 is 0 Å². The summed E-state index contributed by atoms with van der Waals surface area (Å²) >= 11 is 0. The lowest BCUT2D eigenvalue weighted by Crippen LogP contribution is -2.34. The second-order valence-electron chi connectivity index (χ2n) is 5.44. The Hall–Kier alpha value is -0.860. The lowest BCUT2D eigenvalue weighted by atomic mass is 10.1. The van der Waals surface area contributed by atoms with Crippen LogP contribution in [0.25, 0.3) is 0 Å². The highest BCUT2D eigenvalue weighted by molar-refractivity contribution is 5.21. The molecule has 0 aliphatic carbocycles. The van der Waals surface area contributed by atoms with Gasteiger partial charge in [0.1, 0.15) is 0 Å². The molecule has 0 radical (unpaired) electrons. The zero-order valence-corrected chi connectivity index (χ0v) is 11.2. The number of likely N-dealkylation sites (tertiary alicyclic amines) is 1. The molecule has 1 aliphatic rings. The second-order valence-corrected chi connectivity index (χ2v) is 5.44. The largest absolute Gasteiger partial charge is 0.309 e. The van der Waals surface area contributed by atoms with Gasteiger partial charge >= 0.3 is 0 Å². The second kappa shape index (κ2) is 5.65. The van der Waals surface area contributed by atoms with Crippen molar-refractivity contribution in [2.45, 2.75) is 45.8 Å². The van der Waals surface area contributed by atoms with Crippen LogP contribution in [0, 0.1) is 6.92 Å². The molecule has 1 saturated heterocycles. The van der Waals surface area contributed by atoms with Crippen LogP contribution in [0.15, 0.2) is 24.3 Å². The predicted octanol–water partition coefficient (Wildman–Crippen LogP) is 2.57. The third-order valence-corrected chi connectivity index (χ3v) is 3.67. The van der Waals surface area contributed by atoms with Crippen molar-refractivity contribution in [3.05, 3.63) is 35.4 Å². The molecule has 1 fully saturated rings.